The summed E-state index contributed by atoms with van der Waals surface area (Å²) in [5.74, 6) is -0.213. The van der Waals surface area contributed by atoms with Crippen molar-refractivity contribution in [1.29, 1.82) is 0 Å². The molecular weight excluding hydrogens is 217 g/mol. The molecule has 2 aromatic rings. The number of hydrogen-bond donors (Lipinski definition) is 1. The monoisotopic (exact) mass is 231 g/mol. The molecule has 3 nitrogen and oxygen atoms in total. The van der Waals surface area contributed by atoms with E-state index in [-0.39, 0.29) is 11.9 Å². The molecule has 0 aliphatic carbocycles. The van der Waals surface area contributed by atoms with Crippen molar-refractivity contribution in [2.24, 2.45) is 0 Å². The van der Waals surface area contributed by atoms with Gasteiger partial charge in [-0.25, -0.2) is 4.39 Å². The summed E-state index contributed by atoms with van der Waals surface area (Å²) < 4.78 is 12.8. The molecule has 1 N–H and O–H groups in total. The van der Waals surface area contributed by atoms with E-state index in [0.29, 0.717) is 6.54 Å². The molecule has 0 spiro atoms. The number of halogens is 1. The quantitative estimate of drug-likeness (QED) is 0.878. The highest BCUT2D eigenvalue weighted by molar-refractivity contribution is 5.19. The summed E-state index contributed by atoms with van der Waals surface area (Å²) in [6, 6.07) is 10.4. The Hall–Kier alpha value is -1.81. The van der Waals surface area contributed by atoms with Gasteiger partial charge in [-0.1, -0.05) is 12.1 Å². The van der Waals surface area contributed by atoms with E-state index < -0.39 is 0 Å². The number of nitrogens with zero attached hydrogens (tertiary/aromatic N) is 2. The molecule has 0 saturated heterocycles. The second-order valence-electron chi connectivity index (χ2n) is 3.87. The average Bonchev–Trinajstić information content (AvgIpc) is 2.38. The summed E-state index contributed by atoms with van der Waals surface area (Å²) in [7, 11) is 0. The SMILES string of the molecule is CC(NCc1cccnn1)c1ccc(F)cc1. The first-order valence-electron chi connectivity index (χ1n) is 5.51. The highest BCUT2D eigenvalue weighted by Crippen LogP contribution is 2.13. The zero-order valence-electron chi connectivity index (χ0n) is 9.60. The van der Waals surface area contributed by atoms with E-state index in [4.69, 9.17) is 0 Å². The van der Waals surface area contributed by atoms with Crippen LogP contribution in [0.1, 0.15) is 24.2 Å². The largest absolute Gasteiger partial charge is 0.304 e. The molecule has 0 fully saturated rings. The van der Waals surface area contributed by atoms with E-state index in [1.165, 1.54) is 12.1 Å². The summed E-state index contributed by atoms with van der Waals surface area (Å²) in [5, 5.41) is 11.1. The van der Waals surface area contributed by atoms with Crippen molar-refractivity contribution >= 4 is 0 Å². The first kappa shape index (κ1) is 11.7. The van der Waals surface area contributed by atoms with E-state index in [0.717, 1.165) is 11.3 Å². The van der Waals surface area contributed by atoms with Crippen LogP contribution in [0.2, 0.25) is 0 Å². The van der Waals surface area contributed by atoms with E-state index in [1.54, 1.807) is 18.3 Å². The zero-order chi connectivity index (χ0) is 12.1. The van der Waals surface area contributed by atoms with Crippen molar-refractivity contribution in [3.63, 3.8) is 0 Å². The molecule has 17 heavy (non-hydrogen) atoms. The number of aromatic nitrogens is 2. The molecule has 1 unspecified atom stereocenters. The van der Waals surface area contributed by atoms with Gasteiger partial charge in [0.25, 0.3) is 0 Å². The molecule has 0 radical (unpaired) electrons. The maximum atomic E-state index is 12.8. The highest BCUT2D eigenvalue weighted by Gasteiger charge is 2.05. The molecule has 0 saturated carbocycles. The Bertz CT molecular complexity index is 456. The minimum Gasteiger partial charge on any atom is -0.304 e. The Morgan fingerprint density at radius 2 is 2.00 bits per heavy atom. The predicted octanol–water partition coefficient (Wildman–Crippen LogP) is 2.47. The van der Waals surface area contributed by atoms with Crippen LogP contribution in [-0.4, -0.2) is 10.2 Å². The normalized spacial score (nSPS) is 12.4. The van der Waals surface area contributed by atoms with Crippen LogP contribution in [-0.2, 0) is 6.54 Å². The van der Waals surface area contributed by atoms with Crippen molar-refractivity contribution in [3.05, 3.63) is 59.7 Å². The standard InChI is InChI=1S/C13H14FN3/c1-10(11-4-6-12(14)7-5-11)15-9-13-3-2-8-16-17-13/h2-8,10,15H,9H2,1H3. The molecule has 0 aliphatic rings. The second kappa shape index (κ2) is 5.50. The Morgan fingerprint density at radius 3 is 2.65 bits per heavy atom. The molecule has 1 heterocycles. The minimum atomic E-state index is -0.213. The molecule has 0 bridgehead atoms. The van der Waals surface area contributed by atoms with E-state index in [9.17, 15) is 4.39 Å². The number of benzene rings is 1. The van der Waals surface area contributed by atoms with Gasteiger partial charge in [-0.15, -0.1) is 0 Å². The molecule has 1 aromatic carbocycles. The summed E-state index contributed by atoms with van der Waals surface area (Å²) in [6.07, 6.45) is 1.65. The number of nitrogens with one attached hydrogen (secondary N) is 1. The maximum absolute atomic E-state index is 12.8. The van der Waals surface area contributed by atoms with Gasteiger partial charge in [0.2, 0.25) is 0 Å². The smallest absolute Gasteiger partial charge is 0.123 e. The summed E-state index contributed by atoms with van der Waals surface area (Å²) >= 11 is 0. The van der Waals surface area contributed by atoms with E-state index >= 15 is 0 Å². The van der Waals surface area contributed by atoms with Gasteiger partial charge < -0.3 is 5.32 Å². The summed E-state index contributed by atoms with van der Waals surface area (Å²) in [6.45, 7) is 2.68. The Labute approximate surface area is 99.7 Å². The van der Waals surface area contributed by atoms with Crippen LogP contribution < -0.4 is 5.32 Å². The van der Waals surface area contributed by atoms with Crippen molar-refractivity contribution < 1.29 is 4.39 Å². The first-order valence-corrected chi connectivity index (χ1v) is 5.51. The molecule has 88 valence electrons. The van der Waals surface area contributed by atoms with Crippen LogP contribution in [0.5, 0.6) is 0 Å². The van der Waals surface area contributed by atoms with Crippen molar-refractivity contribution in [3.8, 4) is 0 Å². The Kier molecular flexibility index (Phi) is 3.77. The van der Waals surface area contributed by atoms with Gasteiger partial charge in [0.15, 0.2) is 0 Å². The van der Waals surface area contributed by atoms with E-state index in [2.05, 4.69) is 15.5 Å². The van der Waals surface area contributed by atoms with Crippen molar-refractivity contribution in [2.45, 2.75) is 19.5 Å². The lowest BCUT2D eigenvalue weighted by Crippen LogP contribution is -2.18. The predicted molar refractivity (Wildman–Crippen MR) is 63.7 cm³/mol. The lowest BCUT2D eigenvalue weighted by Gasteiger charge is -2.13. The second-order valence-corrected chi connectivity index (χ2v) is 3.87. The maximum Gasteiger partial charge on any atom is 0.123 e. The third kappa shape index (κ3) is 3.32. The van der Waals surface area contributed by atoms with Gasteiger partial charge in [0.1, 0.15) is 5.82 Å². The third-order valence-electron chi connectivity index (χ3n) is 2.59. The third-order valence-corrected chi connectivity index (χ3v) is 2.59. The fraction of sp³-hybridized carbons (Fsp3) is 0.231. The molecule has 1 atom stereocenters. The van der Waals surface area contributed by atoms with Crippen LogP contribution in [0.3, 0.4) is 0 Å². The van der Waals surface area contributed by atoms with Crippen LogP contribution in [0.25, 0.3) is 0 Å². The fourth-order valence-corrected chi connectivity index (χ4v) is 1.55. The van der Waals surface area contributed by atoms with Crippen molar-refractivity contribution in [1.82, 2.24) is 15.5 Å². The lowest BCUT2D eigenvalue weighted by molar-refractivity contribution is 0.561. The van der Waals surface area contributed by atoms with Crippen LogP contribution >= 0.6 is 0 Å². The Balaban J connectivity index is 1.93. The molecule has 2 rings (SSSR count). The topological polar surface area (TPSA) is 37.8 Å². The van der Waals surface area contributed by atoms with Gasteiger partial charge in [0, 0.05) is 18.8 Å². The van der Waals surface area contributed by atoms with Crippen LogP contribution in [0, 0.1) is 5.82 Å². The van der Waals surface area contributed by atoms with E-state index in [1.807, 2.05) is 19.1 Å². The Morgan fingerprint density at radius 1 is 1.24 bits per heavy atom. The fourth-order valence-electron chi connectivity index (χ4n) is 1.55. The van der Waals surface area contributed by atoms with Gasteiger partial charge in [-0.2, -0.15) is 10.2 Å². The van der Waals surface area contributed by atoms with Gasteiger partial charge in [-0.3, -0.25) is 0 Å². The summed E-state index contributed by atoms with van der Waals surface area (Å²) in [4.78, 5) is 0. The van der Waals surface area contributed by atoms with Gasteiger partial charge in [0.05, 0.1) is 5.69 Å². The molecule has 0 amide bonds. The van der Waals surface area contributed by atoms with Crippen LogP contribution in [0.4, 0.5) is 4.39 Å². The van der Waals surface area contributed by atoms with Gasteiger partial charge in [-0.05, 0) is 36.8 Å². The summed E-state index contributed by atoms with van der Waals surface area (Å²) in [5.41, 5.74) is 1.94. The minimum absolute atomic E-state index is 0.151. The van der Waals surface area contributed by atoms with Crippen LogP contribution in [0.15, 0.2) is 42.6 Å². The van der Waals surface area contributed by atoms with Crippen molar-refractivity contribution in [2.75, 3.05) is 0 Å². The lowest BCUT2D eigenvalue weighted by atomic mass is 10.1. The number of hydrogen-bond acceptors (Lipinski definition) is 3. The molecule has 4 heteroatoms. The van der Waals surface area contributed by atoms with Gasteiger partial charge >= 0.3 is 0 Å². The molecular formula is C13H14FN3. The molecule has 1 aromatic heterocycles. The zero-order valence-corrected chi connectivity index (χ0v) is 9.60. The first-order chi connectivity index (χ1) is 8.25. The average molecular weight is 231 g/mol. The highest BCUT2D eigenvalue weighted by atomic mass is 19.1. The molecule has 0 aliphatic heterocycles. The number of rotatable bonds is 4.